The van der Waals surface area contributed by atoms with Crippen LogP contribution in [0.15, 0.2) is 42.7 Å². The van der Waals surface area contributed by atoms with Crippen molar-refractivity contribution in [2.45, 2.75) is 0 Å². The average Bonchev–Trinajstić information content (AvgIpc) is 2.83. The van der Waals surface area contributed by atoms with Crippen molar-refractivity contribution in [1.29, 1.82) is 0 Å². The number of anilines is 2. The summed E-state index contributed by atoms with van der Waals surface area (Å²) in [4.78, 5) is 4.90. The maximum absolute atomic E-state index is 5.80. The number of para-hydroxylation sites is 1. The van der Waals surface area contributed by atoms with Gasteiger partial charge in [-0.15, -0.1) is 0 Å². The first-order chi connectivity index (χ1) is 9.63. The van der Waals surface area contributed by atoms with Gasteiger partial charge in [0.05, 0.1) is 23.0 Å². The van der Waals surface area contributed by atoms with Gasteiger partial charge in [-0.2, -0.15) is 5.10 Å². The SMILES string of the molecule is Cn1cc(Nc2nc3ccccc3cc2C(N)=S)cn1. The Morgan fingerprint density at radius 1 is 1.35 bits per heavy atom. The summed E-state index contributed by atoms with van der Waals surface area (Å²) in [5.41, 5.74) is 8.25. The lowest BCUT2D eigenvalue weighted by Crippen LogP contribution is -2.13. The molecule has 0 aliphatic heterocycles. The molecule has 0 unspecified atom stereocenters. The molecule has 3 N–H and O–H groups in total. The van der Waals surface area contributed by atoms with E-state index < -0.39 is 0 Å². The lowest BCUT2D eigenvalue weighted by Gasteiger charge is -2.10. The van der Waals surface area contributed by atoms with Crippen LogP contribution in [0.3, 0.4) is 0 Å². The molecule has 0 saturated heterocycles. The maximum atomic E-state index is 5.80. The van der Waals surface area contributed by atoms with Crippen LogP contribution in [0.4, 0.5) is 11.5 Å². The Balaban J connectivity index is 2.11. The van der Waals surface area contributed by atoms with E-state index in [9.17, 15) is 0 Å². The van der Waals surface area contributed by atoms with Crippen LogP contribution >= 0.6 is 12.2 Å². The molecule has 2 aromatic heterocycles. The number of pyridine rings is 1. The third kappa shape index (κ3) is 2.33. The summed E-state index contributed by atoms with van der Waals surface area (Å²) in [6.45, 7) is 0. The fourth-order valence-corrected chi connectivity index (χ4v) is 2.18. The smallest absolute Gasteiger partial charge is 0.141 e. The van der Waals surface area contributed by atoms with Crippen molar-refractivity contribution in [3.63, 3.8) is 0 Å². The van der Waals surface area contributed by atoms with E-state index in [1.54, 1.807) is 10.9 Å². The predicted molar refractivity (Wildman–Crippen MR) is 84.1 cm³/mol. The average molecular weight is 283 g/mol. The van der Waals surface area contributed by atoms with E-state index in [0.717, 1.165) is 22.2 Å². The fourth-order valence-electron chi connectivity index (χ4n) is 2.02. The zero-order chi connectivity index (χ0) is 14.1. The standard InChI is InChI=1S/C14H13N5S/c1-19-8-10(7-16-19)17-14-11(13(15)20)6-9-4-2-3-5-12(9)18-14/h2-8H,1H3,(H2,15,20)(H,17,18). The molecule has 0 atom stereocenters. The van der Waals surface area contributed by atoms with Gasteiger partial charge in [0.2, 0.25) is 0 Å². The number of nitrogens with one attached hydrogen (secondary N) is 1. The van der Waals surface area contributed by atoms with Gasteiger partial charge in [-0.3, -0.25) is 4.68 Å². The zero-order valence-electron chi connectivity index (χ0n) is 10.9. The van der Waals surface area contributed by atoms with Gasteiger partial charge in [0.15, 0.2) is 0 Å². The van der Waals surface area contributed by atoms with Crippen molar-refractivity contribution in [2.75, 3.05) is 5.32 Å². The Bertz CT molecular complexity index is 793. The van der Waals surface area contributed by atoms with Crippen LogP contribution in [-0.4, -0.2) is 19.8 Å². The second-order valence-corrected chi connectivity index (χ2v) is 4.91. The summed E-state index contributed by atoms with van der Waals surface area (Å²) in [5.74, 6) is 0.643. The second kappa shape index (κ2) is 4.90. The van der Waals surface area contributed by atoms with Gasteiger partial charge in [-0.05, 0) is 12.1 Å². The highest BCUT2D eigenvalue weighted by molar-refractivity contribution is 7.80. The molecule has 0 spiro atoms. The van der Waals surface area contributed by atoms with Gasteiger partial charge in [-0.1, -0.05) is 30.4 Å². The molecule has 100 valence electrons. The van der Waals surface area contributed by atoms with Crippen LogP contribution in [0.1, 0.15) is 5.56 Å². The molecule has 0 aliphatic carbocycles. The predicted octanol–water partition coefficient (Wildman–Crippen LogP) is 2.35. The van der Waals surface area contributed by atoms with Gasteiger partial charge in [0.1, 0.15) is 10.8 Å². The molecule has 1 aromatic carbocycles. The fraction of sp³-hybridized carbons (Fsp3) is 0.0714. The molecule has 0 bridgehead atoms. The van der Waals surface area contributed by atoms with E-state index in [4.69, 9.17) is 18.0 Å². The van der Waals surface area contributed by atoms with Crippen LogP contribution in [0.5, 0.6) is 0 Å². The largest absolute Gasteiger partial charge is 0.389 e. The molecule has 0 aliphatic rings. The molecule has 3 rings (SSSR count). The minimum absolute atomic E-state index is 0.314. The van der Waals surface area contributed by atoms with E-state index in [2.05, 4.69) is 15.4 Å². The number of benzene rings is 1. The molecule has 6 heteroatoms. The highest BCUT2D eigenvalue weighted by Crippen LogP contribution is 2.23. The zero-order valence-corrected chi connectivity index (χ0v) is 11.7. The minimum atomic E-state index is 0.314. The van der Waals surface area contributed by atoms with E-state index in [1.165, 1.54) is 0 Å². The Morgan fingerprint density at radius 2 is 2.15 bits per heavy atom. The molecule has 3 aromatic rings. The minimum Gasteiger partial charge on any atom is -0.389 e. The van der Waals surface area contributed by atoms with E-state index >= 15 is 0 Å². The van der Waals surface area contributed by atoms with Crippen LogP contribution in [-0.2, 0) is 7.05 Å². The highest BCUT2D eigenvalue weighted by Gasteiger charge is 2.10. The number of aromatic nitrogens is 3. The summed E-state index contributed by atoms with van der Waals surface area (Å²) in [7, 11) is 1.85. The topological polar surface area (TPSA) is 68.8 Å². The van der Waals surface area contributed by atoms with Gasteiger partial charge in [-0.25, -0.2) is 4.98 Å². The second-order valence-electron chi connectivity index (χ2n) is 4.47. The number of thiocarbonyl (C=S) groups is 1. The Labute approximate surface area is 121 Å². The van der Waals surface area contributed by atoms with Gasteiger partial charge >= 0.3 is 0 Å². The first-order valence-electron chi connectivity index (χ1n) is 6.09. The first kappa shape index (κ1) is 12.6. The summed E-state index contributed by atoms with van der Waals surface area (Å²) in [6, 6.07) is 9.79. The molecule has 0 radical (unpaired) electrons. The van der Waals surface area contributed by atoms with Crippen LogP contribution in [0, 0.1) is 0 Å². The van der Waals surface area contributed by atoms with Crippen LogP contribution in [0.2, 0.25) is 0 Å². The number of nitrogens with zero attached hydrogens (tertiary/aromatic N) is 3. The molecule has 2 heterocycles. The highest BCUT2D eigenvalue weighted by atomic mass is 32.1. The summed E-state index contributed by atoms with van der Waals surface area (Å²) < 4.78 is 1.71. The molecular weight excluding hydrogens is 270 g/mol. The molecule has 0 fully saturated rings. The first-order valence-corrected chi connectivity index (χ1v) is 6.49. The summed E-state index contributed by atoms with van der Waals surface area (Å²) in [5, 5.41) is 8.32. The van der Waals surface area contributed by atoms with Crippen molar-refractivity contribution in [3.05, 3.63) is 48.3 Å². The number of rotatable bonds is 3. The monoisotopic (exact) mass is 283 g/mol. The van der Waals surface area contributed by atoms with Crippen LogP contribution in [0.25, 0.3) is 10.9 Å². The third-order valence-corrected chi connectivity index (χ3v) is 3.18. The van der Waals surface area contributed by atoms with Gasteiger partial charge in [0, 0.05) is 18.6 Å². The molecule has 0 amide bonds. The summed E-state index contributed by atoms with van der Waals surface area (Å²) in [6.07, 6.45) is 3.58. The van der Waals surface area contributed by atoms with Crippen molar-refractivity contribution in [2.24, 2.45) is 12.8 Å². The molecule has 0 saturated carbocycles. The number of hydrogen-bond donors (Lipinski definition) is 2. The van der Waals surface area contributed by atoms with Crippen molar-refractivity contribution >= 4 is 39.6 Å². The Hall–Kier alpha value is -2.47. The quantitative estimate of drug-likeness (QED) is 0.722. The van der Waals surface area contributed by atoms with E-state index in [1.807, 2.05) is 43.6 Å². The van der Waals surface area contributed by atoms with E-state index in [-0.39, 0.29) is 0 Å². The summed E-state index contributed by atoms with van der Waals surface area (Å²) >= 11 is 5.11. The van der Waals surface area contributed by atoms with Crippen molar-refractivity contribution in [1.82, 2.24) is 14.8 Å². The normalized spacial score (nSPS) is 10.7. The maximum Gasteiger partial charge on any atom is 0.141 e. The van der Waals surface area contributed by atoms with Crippen molar-refractivity contribution < 1.29 is 0 Å². The van der Waals surface area contributed by atoms with E-state index in [0.29, 0.717) is 10.8 Å². The number of nitrogens with two attached hydrogens (primary N) is 1. The lowest BCUT2D eigenvalue weighted by atomic mass is 10.1. The Morgan fingerprint density at radius 3 is 2.85 bits per heavy atom. The number of fused-ring (bicyclic) bond motifs is 1. The van der Waals surface area contributed by atoms with Crippen LogP contribution < -0.4 is 11.1 Å². The third-order valence-electron chi connectivity index (χ3n) is 2.96. The number of aryl methyl sites for hydroxylation is 1. The Kier molecular flexibility index (Phi) is 3.08. The number of hydrogen-bond acceptors (Lipinski definition) is 4. The van der Waals surface area contributed by atoms with Gasteiger partial charge < -0.3 is 11.1 Å². The van der Waals surface area contributed by atoms with Gasteiger partial charge in [0.25, 0.3) is 0 Å². The molecule has 20 heavy (non-hydrogen) atoms. The molecule has 5 nitrogen and oxygen atoms in total. The lowest BCUT2D eigenvalue weighted by molar-refractivity contribution is 0.768. The van der Waals surface area contributed by atoms with Crippen molar-refractivity contribution in [3.8, 4) is 0 Å². The molecular formula is C14H13N5S.